The van der Waals surface area contributed by atoms with Crippen LogP contribution in [0.25, 0.3) is 0 Å². The van der Waals surface area contributed by atoms with Gasteiger partial charge in [0.05, 0.1) is 6.10 Å². The lowest BCUT2D eigenvalue weighted by Crippen LogP contribution is -2.18. The average molecular weight is 271 g/mol. The van der Waals surface area contributed by atoms with E-state index < -0.39 is 6.10 Å². The van der Waals surface area contributed by atoms with Gasteiger partial charge in [-0.2, -0.15) is 0 Å². The molecule has 100 valence electrons. The highest BCUT2D eigenvalue weighted by Gasteiger charge is 2.66. The number of halogens is 2. The summed E-state index contributed by atoms with van der Waals surface area (Å²) >= 11 is 5.99. The lowest BCUT2D eigenvalue weighted by atomic mass is 9.99. The minimum atomic E-state index is -0.551. The van der Waals surface area contributed by atoms with E-state index in [0.29, 0.717) is 10.6 Å². The van der Waals surface area contributed by atoms with Gasteiger partial charge in [-0.15, -0.1) is 0 Å². The maximum absolute atomic E-state index is 13.7. The van der Waals surface area contributed by atoms with Crippen LogP contribution in [0.3, 0.4) is 0 Å². The van der Waals surface area contributed by atoms with Crippen LogP contribution in [-0.4, -0.2) is 11.2 Å². The van der Waals surface area contributed by atoms with Crippen LogP contribution in [0, 0.1) is 22.6 Å². The first-order valence-electron chi connectivity index (χ1n) is 6.30. The fraction of sp³-hybridized carbons (Fsp3) is 0.600. The highest BCUT2D eigenvalue weighted by Crippen LogP contribution is 2.69. The highest BCUT2D eigenvalue weighted by atomic mass is 35.5. The smallest absolute Gasteiger partial charge is 0.127 e. The van der Waals surface area contributed by atoms with Gasteiger partial charge in [-0.3, -0.25) is 0 Å². The van der Waals surface area contributed by atoms with Gasteiger partial charge >= 0.3 is 0 Å². The standard InChI is InChI=1S/C15H20ClFO/c1-14(2)13(15(14,3)4)12(18)8-9-10(16)6-5-7-11(9)17/h5-7,12-13,18H,8H2,1-4H3. The molecule has 0 aliphatic heterocycles. The molecule has 0 radical (unpaired) electrons. The Balaban J connectivity index is 2.17. The zero-order valence-electron chi connectivity index (χ0n) is 11.3. The zero-order valence-corrected chi connectivity index (χ0v) is 12.1. The quantitative estimate of drug-likeness (QED) is 0.878. The Labute approximate surface area is 113 Å². The summed E-state index contributed by atoms with van der Waals surface area (Å²) in [5, 5.41) is 10.7. The van der Waals surface area contributed by atoms with Crippen molar-refractivity contribution in [3.05, 3.63) is 34.6 Å². The minimum Gasteiger partial charge on any atom is -0.392 e. The predicted octanol–water partition coefficient (Wildman–Crippen LogP) is 4.06. The lowest BCUT2D eigenvalue weighted by Gasteiger charge is -2.14. The highest BCUT2D eigenvalue weighted by molar-refractivity contribution is 6.31. The van der Waals surface area contributed by atoms with E-state index in [1.165, 1.54) is 6.07 Å². The summed E-state index contributed by atoms with van der Waals surface area (Å²) in [7, 11) is 0. The first-order valence-corrected chi connectivity index (χ1v) is 6.68. The van der Waals surface area contributed by atoms with E-state index in [1.54, 1.807) is 12.1 Å². The Morgan fingerprint density at radius 2 is 1.83 bits per heavy atom. The van der Waals surface area contributed by atoms with E-state index in [2.05, 4.69) is 27.7 Å². The molecule has 18 heavy (non-hydrogen) atoms. The summed E-state index contributed by atoms with van der Waals surface area (Å²) in [6, 6.07) is 4.63. The van der Waals surface area contributed by atoms with Crippen LogP contribution < -0.4 is 0 Å². The normalized spacial score (nSPS) is 22.8. The molecule has 1 N–H and O–H groups in total. The van der Waals surface area contributed by atoms with Crippen molar-refractivity contribution < 1.29 is 9.50 Å². The molecule has 1 atom stereocenters. The first kappa shape index (κ1) is 13.8. The third-order valence-corrected chi connectivity index (χ3v) is 5.35. The van der Waals surface area contributed by atoms with Crippen LogP contribution in [0.1, 0.15) is 33.3 Å². The molecule has 1 unspecified atom stereocenters. The van der Waals surface area contributed by atoms with Crippen molar-refractivity contribution in [1.29, 1.82) is 0 Å². The first-order chi connectivity index (χ1) is 8.19. The summed E-state index contributed by atoms with van der Waals surface area (Å²) in [4.78, 5) is 0. The summed E-state index contributed by atoms with van der Waals surface area (Å²) in [6.07, 6.45) is -0.271. The Morgan fingerprint density at radius 3 is 2.28 bits per heavy atom. The summed E-state index contributed by atoms with van der Waals surface area (Å²) in [6.45, 7) is 8.57. The molecule has 1 aliphatic carbocycles. The maximum Gasteiger partial charge on any atom is 0.127 e. The molecule has 1 aliphatic rings. The zero-order chi connectivity index (χ0) is 13.7. The molecule has 3 heteroatoms. The molecule has 1 aromatic carbocycles. The second-order valence-corrected chi connectivity index (χ2v) is 6.80. The van der Waals surface area contributed by atoms with Gasteiger partial charge in [-0.05, 0) is 28.9 Å². The van der Waals surface area contributed by atoms with Crippen molar-refractivity contribution in [2.45, 2.75) is 40.2 Å². The van der Waals surface area contributed by atoms with Gasteiger partial charge in [0.15, 0.2) is 0 Å². The third kappa shape index (κ3) is 1.96. The van der Waals surface area contributed by atoms with E-state index >= 15 is 0 Å². The predicted molar refractivity (Wildman–Crippen MR) is 72.2 cm³/mol. The largest absolute Gasteiger partial charge is 0.392 e. The summed E-state index contributed by atoms with van der Waals surface area (Å²) in [5.41, 5.74) is 0.596. The topological polar surface area (TPSA) is 20.2 Å². The second kappa shape index (κ2) is 4.21. The van der Waals surface area contributed by atoms with Gasteiger partial charge in [-0.1, -0.05) is 45.4 Å². The van der Waals surface area contributed by atoms with Crippen LogP contribution in [0.2, 0.25) is 5.02 Å². The van der Waals surface area contributed by atoms with Crippen molar-refractivity contribution in [2.75, 3.05) is 0 Å². The van der Waals surface area contributed by atoms with Crippen molar-refractivity contribution in [2.24, 2.45) is 16.7 Å². The lowest BCUT2D eigenvalue weighted by molar-refractivity contribution is 0.128. The Kier molecular flexibility index (Phi) is 3.23. The van der Waals surface area contributed by atoms with Gasteiger partial charge in [0.1, 0.15) is 5.82 Å². The van der Waals surface area contributed by atoms with E-state index in [4.69, 9.17) is 11.6 Å². The number of hydrogen-bond donors (Lipinski definition) is 1. The van der Waals surface area contributed by atoms with E-state index in [1.807, 2.05) is 0 Å². The monoisotopic (exact) mass is 270 g/mol. The number of hydrogen-bond acceptors (Lipinski definition) is 1. The van der Waals surface area contributed by atoms with Gasteiger partial charge in [-0.25, -0.2) is 4.39 Å². The fourth-order valence-electron chi connectivity index (χ4n) is 3.26. The molecule has 1 nitrogen and oxygen atoms in total. The van der Waals surface area contributed by atoms with Gasteiger partial charge in [0.2, 0.25) is 0 Å². The molecule has 0 saturated heterocycles. The molecule has 1 aromatic rings. The van der Waals surface area contributed by atoms with Crippen LogP contribution in [0.15, 0.2) is 18.2 Å². The summed E-state index contributed by atoms with van der Waals surface area (Å²) < 4.78 is 13.7. The molecule has 0 amide bonds. The second-order valence-electron chi connectivity index (χ2n) is 6.39. The number of rotatable bonds is 3. The van der Waals surface area contributed by atoms with E-state index in [-0.39, 0.29) is 29.0 Å². The van der Waals surface area contributed by atoms with Crippen LogP contribution in [-0.2, 0) is 6.42 Å². The van der Waals surface area contributed by atoms with Crippen molar-refractivity contribution in [1.82, 2.24) is 0 Å². The molecule has 0 aromatic heterocycles. The molecular formula is C15H20ClFO. The number of aliphatic hydroxyl groups excluding tert-OH is 1. The Hall–Kier alpha value is -0.600. The number of aliphatic hydroxyl groups is 1. The third-order valence-electron chi connectivity index (χ3n) is 4.99. The van der Waals surface area contributed by atoms with E-state index in [0.717, 1.165) is 0 Å². The molecule has 0 spiro atoms. The molecule has 2 rings (SSSR count). The Bertz CT molecular complexity index is 433. The van der Waals surface area contributed by atoms with Crippen LogP contribution in [0.5, 0.6) is 0 Å². The van der Waals surface area contributed by atoms with Gasteiger partial charge < -0.3 is 5.11 Å². The van der Waals surface area contributed by atoms with Crippen molar-refractivity contribution in [3.63, 3.8) is 0 Å². The molecule has 1 saturated carbocycles. The molecule has 1 fully saturated rings. The summed E-state index contributed by atoms with van der Waals surface area (Å²) in [5.74, 6) is -0.154. The Morgan fingerprint density at radius 1 is 1.28 bits per heavy atom. The van der Waals surface area contributed by atoms with Crippen LogP contribution in [0.4, 0.5) is 4.39 Å². The maximum atomic E-state index is 13.7. The molecule has 0 heterocycles. The molecule has 0 bridgehead atoms. The van der Waals surface area contributed by atoms with Crippen LogP contribution >= 0.6 is 11.6 Å². The SMILES string of the molecule is CC1(C)C(C(O)Cc2c(F)cccc2Cl)C1(C)C. The fourth-order valence-corrected chi connectivity index (χ4v) is 3.50. The van der Waals surface area contributed by atoms with Crippen molar-refractivity contribution >= 4 is 11.6 Å². The average Bonchev–Trinajstić information content (AvgIpc) is 2.63. The van der Waals surface area contributed by atoms with Crippen molar-refractivity contribution in [3.8, 4) is 0 Å². The van der Waals surface area contributed by atoms with Gasteiger partial charge in [0.25, 0.3) is 0 Å². The number of benzene rings is 1. The van der Waals surface area contributed by atoms with Gasteiger partial charge in [0, 0.05) is 17.0 Å². The minimum absolute atomic E-state index is 0.0874. The molecular weight excluding hydrogens is 251 g/mol. The van der Waals surface area contributed by atoms with E-state index in [9.17, 15) is 9.50 Å².